The lowest BCUT2D eigenvalue weighted by Crippen LogP contribution is -2.29. The molecule has 1 heterocycles. The van der Waals surface area contributed by atoms with Crippen LogP contribution in [0.5, 0.6) is 0 Å². The van der Waals surface area contributed by atoms with Gasteiger partial charge in [0.05, 0.1) is 22.4 Å². The van der Waals surface area contributed by atoms with Gasteiger partial charge in [-0.25, -0.2) is 9.69 Å². The summed E-state index contributed by atoms with van der Waals surface area (Å²) in [5.41, 5.74) is 1.13. The molecule has 0 bridgehead atoms. The summed E-state index contributed by atoms with van der Waals surface area (Å²) in [6.45, 7) is 0.918. The summed E-state index contributed by atoms with van der Waals surface area (Å²) in [5.74, 6) is -2.61. The second-order valence-corrected chi connectivity index (χ2v) is 6.18. The van der Waals surface area contributed by atoms with Crippen LogP contribution in [-0.4, -0.2) is 43.3 Å². The molecule has 0 saturated heterocycles. The van der Waals surface area contributed by atoms with Crippen molar-refractivity contribution in [2.75, 3.05) is 23.9 Å². The zero-order chi connectivity index (χ0) is 21.1. The lowest BCUT2D eigenvalue weighted by molar-refractivity contribution is -0.123. The number of fused-ring (bicyclic) bond motifs is 1. The Morgan fingerprint density at radius 2 is 1.62 bits per heavy atom. The number of nitrogens with one attached hydrogen (secondary N) is 2. The molecule has 0 aliphatic carbocycles. The topological polar surface area (TPSA) is 122 Å². The van der Waals surface area contributed by atoms with E-state index in [0.29, 0.717) is 11.4 Å². The van der Waals surface area contributed by atoms with E-state index in [4.69, 9.17) is 4.74 Å². The van der Waals surface area contributed by atoms with Crippen LogP contribution in [0.2, 0.25) is 0 Å². The Morgan fingerprint density at radius 3 is 2.24 bits per heavy atom. The Labute approximate surface area is 165 Å². The minimum Gasteiger partial charge on any atom is -0.452 e. The Morgan fingerprint density at radius 1 is 0.966 bits per heavy atom. The van der Waals surface area contributed by atoms with E-state index in [2.05, 4.69) is 10.6 Å². The Kier molecular flexibility index (Phi) is 5.40. The number of imide groups is 1. The van der Waals surface area contributed by atoms with Gasteiger partial charge in [0.1, 0.15) is 0 Å². The highest BCUT2D eigenvalue weighted by atomic mass is 16.5. The van der Waals surface area contributed by atoms with Crippen LogP contribution >= 0.6 is 0 Å². The molecule has 0 atom stereocenters. The SMILES string of the molecule is CNC(=O)COC(=O)c1ccc2c(c1)C(=O)N(c1ccc(NC(C)=O)cc1)C2=O. The van der Waals surface area contributed by atoms with Gasteiger partial charge in [0, 0.05) is 19.7 Å². The first-order valence-electron chi connectivity index (χ1n) is 8.60. The van der Waals surface area contributed by atoms with Gasteiger partial charge in [-0.2, -0.15) is 0 Å². The molecule has 9 nitrogen and oxygen atoms in total. The van der Waals surface area contributed by atoms with Crippen LogP contribution in [0.25, 0.3) is 0 Å². The standard InChI is InChI=1S/C20H17N3O6/c1-11(24)22-13-4-6-14(7-5-13)23-18(26)15-8-3-12(9-16(15)19(23)27)20(28)29-10-17(25)21-2/h3-9H,10H2,1-2H3,(H,21,25)(H,22,24). The van der Waals surface area contributed by atoms with Crippen molar-refractivity contribution in [1.82, 2.24) is 5.32 Å². The number of hydrogen-bond donors (Lipinski definition) is 2. The summed E-state index contributed by atoms with van der Waals surface area (Å²) < 4.78 is 4.86. The van der Waals surface area contributed by atoms with E-state index >= 15 is 0 Å². The van der Waals surface area contributed by atoms with Gasteiger partial charge in [-0.05, 0) is 42.5 Å². The van der Waals surface area contributed by atoms with E-state index < -0.39 is 30.3 Å². The average Bonchev–Trinajstić information content (AvgIpc) is 2.96. The maximum atomic E-state index is 12.8. The van der Waals surface area contributed by atoms with Crippen LogP contribution in [0.3, 0.4) is 0 Å². The predicted molar refractivity (Wildman–Crippen MR) is 103 cm³/mol. The van der Waals surface area contributed by atoms with Crippen molar-refractivity contribution in [3.05, 3.63) is 59.2 Å². The minimum atomic E-state index is -0.783. The first-order chi connectivity index (χ1) is 13.8. The molecule has 0 saturated carbocycles. The van der Waals surface area contributed by atoms with Crippen LogP contribution < -0.4 is 15.5 Å². The molecule has 0 aromatic heterocycles. The number of esters is 1. The fourth-order valence-electron chi connectivity index (χ4n) is 2.79. The van der Waals surface area contributed by atoms with Crippen LogP contribution in [0.4, 0.5) is 11.4 Å². The third-order valence-corrected chi connectivity index (χ3v) is 4.18. The summed E-state index contributed by atoms with van der Waals surface area (Å²) in [6, 6.07) is 10.2. The number of rotatable bonds is 5. The molecule has 148 valence electrons. The molecular formula is C20H17N3O6. The zero-order valence-electron chi connectivity index (χ0n) is 15.6. The van der Waals surface area contributed by atoms with Crippen molar-refractivity contribution in [3.8, 4) is 0 Å². The fourth-order valence-corrected chi connectivity index (χ4v) is 2.79. The number of ether oxygens (including phenoxy) is 1. The molecule has 4 amide bonds. The Hall–Kier alpha value is -4.01. The van der Waals surface area contributed by atoms with Gasteiger partial charge in [0.2, 0.25) is 5.91 Å². The first-order valence-corrected chi connectivity index (χ1v) is 8.60. The van der Waals surface area contributed by atoms with E-state index in [1.165, 1.54) is 44.3 Å². The Bertz CT molecular complexity index is 1030. The summed E-state index contributed by atoms with van der Waals surface area (Å²) >= 11 is 0. The van der Waals surface area contributed by atoms with Crippen molar-refractivity contribution in [2.45, 2.75) is 6.92 Å². The molecule has 29 heavy (non-hydrogen) atoms. The number of benzene rings is 2. The third-order valence-electron chi connectivity index (χ3n) is 4.18. The fraction of sp³-hybridized carbons (Fsp3) is 0.150. The smallest absolute Gasteiger partial charge is 0.338 e. The number of anilines is 2. The molecule has 2 N–H and O–H groups in total. The second-order valence-electron chi connectivity index (χ2n) is 6.18. The molecule has 9 heteroatoms. The van der Waals surface area contributed by atoms with Crippen LogP contribution in [0.1, 0.15) is 38.0 Å². The van der Waals surface area contributed by atoms with Crippen LogP contribution in [-0.2, 0) is 14.3 Å². The van der Waals surface area contributed by atoms with Crippen molar-refractivity contribution in [2.24, 2.45) is 0 Å². The highest BCUT2D eigenvalue weighted by molar-refractivity contribution is 6.34. The van der Waals surface area contributed by atoms with Gasteiger partial charge in [-0.3, -0.25) is 19.2 Å². The minimum absolute atomic E-state index is 0.0525. The van der Waals surface area contributed by atoms with Crippen molar-refractivity contribution < 1.29 is 28.7 Å². The monoisotopic (exact) mass is 395 g/mol. The number of nitrogens with zero attached hydrogens (tertiary/aromatic N) is 1. The van der Waals surface area contributed by atoms with Crippen LogP contribution in [0, 0.1) is 0 Å². The van der Waals surface area contributed by atoms with Crippen molar-refractivity contribution in [3.63, 3.8) is 0 Å². The van der Waals surface area contributed by atoms with Gasteiger partial charge in [0.15, 0.2) is 6.61 Å². The number of carbonyl (C=O) groups excluding carboxylic acids is 5. The molecule has 0 fully saturated rings. The van der Waals surface area contributed by atoms with Gasteiger partial charge < -0.3 is 15.4 Å². The number of hydrogen-bond acceptors (Lipinski definition) is 6. The first kappa shape index (κ1) is 19.7. The summed E-state index contributed by atoms with van der Waals surface area (Å²) in [7, 11) is 1.41. The van der Waals surface area contributed by atoms with Crippen molar-refractivity contribution >= 4 is 41.0 Å². The molecule has 3 rings (SSSR count). The average molecular weight is 395 g/mol. The number of carbonyl (C=O) groups is 5. The molecular weight excluding hydrogens is 378 g/mol. The third kappa shape index (κ3) is 3.98. The quantitative estimate of drug-likeness (QED) is 0.582. The molecule has 1 aliphatic heterocycles. The van der Waals surface area contributed by atoms with Gasteiger partial charge in [0.25, 0.3) is 17.7 Å². The number of likely N-dealkylation sites (N-methyl/N-ethyl adjacent to an activating group) is 1. The van der Waals surface area contributed by atoms with E-state index in [1.807, 2.05) is 0 Å². The summed E-state index contributed by atoms with van der Waals surface area (Å²) in [5, 5.41) is 4.92. The largest absolute Gasteiger partial charge is 0.452 e. The molecule has 0 unspecified atom stereocenters. The van der Waals surface area contributed by atoms with Gasteiger partial charge >= 0.3 is 5.97 Å². The van der Waals surface area contributed by atoms with E-state index in [0.717, 1.165) is 4.90 Å². The second kappa shape index (κ2) is 7.93. The summed E-state index contributed by atoms with van der Waals surface area (Å²) in [4.78, 5) is 60.8. The molecule has 0 spiro atoms. The highest BCUT2D eigenvalue weighted by Crippen LogP contribution is 2.30. The van der Waals surface area contributed by atoms with Crippen LogP contribution in [0.15, 0.2) is 42.5 Å². The van der Waals surface area contributed by atoms with Gasteiger partial charge in [-0.1, -0.05) is 0 Å². The van der Waals surface area contributed by atoms with Gasteiger partial charge in [-0.15, -0.1) is 0 Å². The normalized spacial score (nSPS) is 12.4. The molecule has 2 aromatic rings. The lowest BCUT2D eigenvalue weighted by atomic mass is 10.1. The highest BCUT2D eigenvalue weighted by Gasteiger charge is 2.37. The molecule has 2 aromatic carbocycles. The molecule has 0 radical (unpaired) electrons. The molecule has 1 aliphatic rings. The lowest BCUT2D eigenvalue weighted by Gasteiger charge is -2.14. The summed E-state index contributed by atoms with van der Waals surface area (Å²) in [6.07, 6.45) is 0. The number of amides is 4. The Balaban J connectivity index is 1.82. The van der Waals surface area contributed by atoms with E-state index in [9.17, 15) is 24.0 Å². The van der Waals surface area contributed by atoms with Crippen molar-refractivity contribution in [1.29, 1.82) is 0 Å². The van der Waals surface area contributed by atoms with E-state index in [-0.39, 0.29) is 22.6 Å². The van der Waals surface area contributed by atoms with E-state index in [1.54, 1.807) is 12.1 Å². The predicted octanol–water partition coefficient (Wildman–Crippen LogP) is 1.35. The maximum Gasteiger partial charge on any atom is 0.338 e. The maximum absolute atomic E-state index is 12.8. The zero-order valence-corrected chi connectivity index (χ0v) is 15.6.